The molecule has 1 unspecified atom stereocenters. The normalized spacial score (nSPS) is 11.9. The molecule has 0 saturated carbocycles. The summed E-state index contributed by atoms with van der Waals surface area (Å²) in [6.45, 7) is 0. The number of amides is 1. The van der Waals surface area contributed by atoms with Crippen LogP contribution in [0.15, 0.2) is 23.1 Å². The summed E-state index contributed by atoms with van der Waals surface area (Å²) in [5, 5.41) is 11.9. The van der Waals surface area contributed by atoms with Gasteiger partial charge < -0.3 is 10.4 Å². The lowest BCUT2D eigenvalue weighted by Gasteiger charge is -2.15. The molecule has 1 amide bonds. The van der Waals surface area contributed by atoms with Crippen LogP contribution in [-0.2, 0) is 4.79 Å². The van der Waals surface area contributed by atoms with Gasteiger partial charge in [0.25, 0.3) is 5.91 Å². The number of hydrogen-bond donors (Lipinski definition) is 2. The highest BCUT2D eigenvalue weighted by atomic mass is 35.5. The quantitative estimate of drug-likeness (QED) is 0.751. The van der Waals surface area contributed by atoms with Crippen molar-refractivity contribution in [2.75, 3.05) is 18.3 Å². The van der Waals surface area contributed by atoms with Crippen molar-refractivity contribution in [3.8, 4) is 0 Å². The van der Waals surface area contributed by atoms with Gasteiger partial charge in [-0.1, -0.05) is 11.6 Å². The molecule has 110 valence electrons. The van der Waals surface area contributed by atoms with Crippen LogP contribution in [-0.4, -0.2) is 41.3 Å². The third kappa shape index (κ3) is 4.92. The number of benzene rings is 1. The minimum Gasteiger partial charge on any atom is -0.480 e. The molecule has 1 rings (SSSR count). The summed E-state index contributed by atoms with van der Waals surface area (Å²) < 4.78 is 0. The van der Waals surface area contributed by atoms with Crippen molar-refractivity contribution in [1.29, 1.82) is 0 Å². The Bertz CT molecular complexity index is 497. The first-order valence-corrected chi connectivity index (χ1v) is 8.85. The number of rotatable bonds is 7. The number of aliphatic carboxylic acids is 1. The smallest absolute Gasteiger partial charge is 0.326 e. The van der Waals surface area contributed by atoms with Crippen LogP contribution in [0, 0.1) is 0 Å². The minimum absolute atomic E-state index is 0.300. The Morgan fingerprint density at radius 3 is 2.65 bits per heavy atom. The molecule has 0 fully saturated rings. The van der Waals surface area contributed by atoms with Gasteiger partial charge in [0.2, 0.25) is 0 Å². The molecule has 0 aliphatic carbocycles. The van der Waals surface area contributed by atoms with Gasteiger partial charge in [-0.25, -0.2) is 4.79 Å². The minimum atomic E-state index is -1.04. The number of carbonyl (C=O) groups excluding carboxylic acids is 1. The second-order valence-electron chi connectivity index (χ2n) is 3.99. The van der Waals surface area contributed by atoms with Gasteiger partial charge in [0.05, 0.1) is 10.6 Å². The summed E-state index contributed by atoms with van der Waals surface area (Å²) in [7, 11) is 0. The summed E-state index contributed by atoms with van der Waals surface area (Å²) in [5.41, 5.74) is 0.300. The summed E-state index contributed by atoms with van der Waals surface area (Å²) in [4.78, 5) is 24.2. The van der Waals surface area contributed by atoms with E-state index in [1.807, 2.05) is 18.6 Å². The molecule has 0 aliphatic heterocycles. The van der Waals surface area contributed by atoms with Crippen LogP contribution < -0.4 is 5.32 Å². The average molecular weight is 334 g/mol. The van der Waals surface area contributed by atoms with E-state index in [1.54, 1.807) is 12.1 Å². The van der Waals surface area contributed by atoms with Crippen molar-refractivity contribution < 1.29 is 14.7 Å². The topological polar surface area (TPSA) is 66.4 Å². The zero-order valence-electron chi connectivity index (χ0n) is 11.2. The van der Waals surface area contributed by atoms with E-state index >= 15 is 0 Å². The number of thioether (sulfide) groups is 2. The summed E-state index contributed by atoms with van der Waals surface area (Å²) in [5.74, 6) is -0.834. The van der Waals surface area contributed by atoms with Gasteiger partial charge in [0, 0.05) is 4.90 Å². The van der Waals surface area contributed by atoms with E-state index in [0.717, 1.165) is 4.90 Å². The summed E-state index contributed by atoms with van der Waals surface area (Å²) >= 11 is 9.02. The van der Waals surface area contributed by atoms with Gasteiger partial charge in [0.1, 0.15) is 6.04 Å². The van der Waals surface area contributed by atoms with Gasteiger partial charge in [-0.15, -0.1) is 11.8 Å². The number of halogens is 1. The zero-order chi connectivity index (χ0) is 15.1. The molecule has 7 heteroatoms. The Hall–Kier alpha value is -0.850. The molecule has 2 N–H and O–H groups in total. The second-order valence-corrected chi connectivity index (χ2v) is 6.26. The van der Waals surface area contributed by atoms with Crippen molar-refractivity contribution in [1.82, 2.24) is 5.32 Å². The molecule has 0 radical (unpaired) electrons. The van der Waals surface area contributed by atoms with Gasteiger partial charge >= 0.3 is 5.97 Å². The first-order valence-electron chi connectivity index (χ1n) is 5.85. The second kappa shape index (κ2) is 8.44. The van der Waals surface area contributed by atoms with E-state index in [4.69, 9.17) is 16.7 Å². The Kier molecular flexibility index (Phi) is 7.26. The van der Waals surface area contributed by atoms with Crippen LogP contribution in [0.5, 0.6) is 0 Å². The fourth-order valence-electron chi connectivity index (χ4n) is 1.53. The molecule has 1 atom stereocenters. The first kappa shape index (κ1) is 17.2. The molecule has 4 nitrogen and oxygen atoms in total. The Morgan fingerprint density at radius 1 is 1.40 bits per heavy atom. The predicted molar refractivity (Wildman–Crippen MR) is 85.1 cm³/mol. The molecule has 1 aromatic carbocycles. The number of nitrogens with one attached hydrogen (secondary N) is 1. The average Bonchev–Trinajstić information content (AvgIpc) is 2.43. The summed E-state index contributed by atoms with van der Waals surface area (Å²) in [6, 6.07) is 4.21. The van der Waals surface area contributed by atoms with Gasteiger partial charge in [0.15, 0.2) is 0 Å². The van der Waals surface area contributed by atoms with Gasteiger partial charge in [-0.2, -0.15) is 11.8 Å². The lowest BCUT2D eigenvalue weighted by molar-refractivity contribution is -0.139. The maximum atomic E-state index is 12.1. The molecule has 1 aromatic rings. The Labute approximate surface area is 131 Å². The highest BCUT2D eigenvalue weighted by Crippen LogP contribution is 2.23. The Morgan fingerprint density at radius 2 is 2.10 bits per heavy atom. The van der Waals surface area contributed by atoms with Crippen molar-refractivity contribution in [2.24, 2.45) is 0 Å². The lowest BCUT2D eigenvalue weighted by atomic mass is 10.1. The third-order valence-corrected chi connectivity index (χ3v) is 4.33. The Balaban J connectivity index is 2.85. The lowest BCUT2D eigenvalue weighted by Crippen LogP contribution is -2.41. The molecule has 0 bridgehead atoms. The number of carbonyl (C=O) groups is 2. The van der Waals surface area contributed by atoms with Crippen LogP contribution in [0.2, 0.25) is 5.02 Å². The van der Waals surface area contributed by atoms with E-state index in [1.165, 1.54) is 23.5 Å². The molecule has 0 heterocycles. The summed E-state index contributed by atoms with van der Waals surface area (Å²) in [6.07, 6.45) is 4.16. The zero-order valence-corrected chi connectivity index (χ0v) is 13.6. The van der Waals surface area contributed by atoms with Crippen molar-refractivity contribution in [3.63, 3.8) is 0 Å². The third-order valence-electron chi connectivity index (χ3n) is 2.63. The molecular formula is C13H16ClNO3S2. The van der Waals surface area contributed by atoms with Crippen molar-refractivity contribution in [3.05, 3.63) is 28.8 Å². The number of hydrogen-bond acceptors (Lipinski definition) is 4. The molecule has 20 heavy (non-hydrogen) atoms. The molecule has 0 saturated heterocycles. The number of carboxylic acid groups (broad SMARTS) is 1. The largest absolute Gasteiger partial charge is 0.480 e. The highest BCUT2D eigenvalue weighted by Gasteiger charge is 2.21. The standard InChI is InChI=1S/C13H16ClNO3S2/c1-19-6-5-11(13(17)18)15-12(16)9-7-8(20-2)3-4-10(9)14/h3-4,7,11H,5-6H2,1-2H3,(H,15,16)(H,17,18). The molecule has 0 spiro atoms. The first-order chi connectivity index (χ1) is 9.49. The maximum absolute atomic E-state index is 12.1. The van der Waals surface area contributed by atoms with Crippen molar-refractivity contribution >= 4 is 47.0 Å². The van der Waals surface area contributed by atoms with Crippen molar-refractivity contribution in [2.45, 2.75) is 17.4 Å². The highest BCUT2D eigenvalue weighted by molar-refractivity contribution is 7.98. The fraction of sp³-hybridized carbons (Fsp3) is 0.385. The van der Waals surface area contributed by atoms with E-state index < -0.39 is 17.9 Å². The molecular weight excluding hydrogens is 318 g/mol. The van der Waals surface area contributed by atoms with Gasteiger partial charge in [-0.05, 0) is 42.9 Å². The van der Waals surface area contributed by atoms with Crippen LogP contribution in [0.25, 0.3) is 0 Å². The van der Waals surface area contributed by atoms with E-state index in [2.05, 4.69) is 5.32 Å². The van der Waals surface area contributed by atoms with Gasteiger partial charge in [-0.3, -0.25) is 4.79 Å². The van der Waals surface area contributed by atoms with Crippen LogP contribution in [0.1, 0.15) is 16.8 Å². The predicted octanol–water partition coefficient (Wildman–Crippen LogP) is 3.00. The monoisotopic (exact) mass is 333 g/mol. The fourth-order valence-corrected chi connectivity index (χ4v) is 2.65. The van der Waals surface area contributed by atoms with E-state index in [0.29, 0.717) is 22.8 Å². The SMILES string of the molecule is CSCCC(NC(=O)c1cc(SC)ccc1Cl)C(=O)O. The molecule has 0 aliphatic rings. The van der Waals surface area contributed by atoms with E-state index in [9.17, 15) is 9.59 Å². The molecule has 0 aromatic heterocycles. The van der Waals surface area contributed by atoms with Crippen LogP contribution in [0.3, 0.4) is 0 Å². The van der Waals surface area contributed by atoms with E-state index in [-0.39, 0.29) is 0 Å². The number of carboxylic acids is 1. The van der Waals surface area contributed by atoms with Crippen LogP contribution in [0.4, 0.5) is 0 Å². The van der Waals surface area contributed by atoms with Crippen LogP contribution >= 0.6 is 35.1 Å². The maximum Gasteiger partial charge on any atom is 0.326 e.